The molecular weight excluding hydrogens is 350 g/mol. The van der Waals surface area contributed by atoms with Crippen LogP contribution in [0.15, 0.2) is 29.2 Å². The summed E-state index contributed by atoms with van der Waals surface area (Å²) in [5, 5.41) is 22.9. The molecular formula is C15H23N3O6S. The van der Waals surface area contributed by atoms with E-state index in [2.05, 4.69) is 10.6 Å². The molecule has 0 fully saturated rings. The average Bonchev–Trinajstić information content (AvgIpc) is 2.52. The van der Waals surface area contributed by atoms with Crippen LogP contribution in [0.25, 0.3) is 0 Å². The van der Waals surface area contributed by atoms with Crippen LogP contribution in [0.2, 0.25) is 0 Å². The van der Waals surface area contributed by atoms with Crippen LogP contribution < -0.4 is 10.6 Å². The minimum Gasteiger partial charge on any atom is -0.479 e. The number of carbonyl (C=O) groups excluding carboxylic acids is 1. The highest BCUT2D eigenvalue weighted by Crippen LogP contribution is 2.19. The van der Waals surface area contributed by atoms with Gasteiger partial charge in [-0.3, -0.25) is 0 Å². The number of anilines is 1. The second-order valence-electron chi connectivity index (χ2n) is 6.03. The van der Waals surface area contributed by atoms with Gasteiger partial charge in [0.1, 0.15) is 0 Å². The SMILES string of the molecule is CC(C)N(C)S(=O)(=O)c1ccc(NC(=O)NCC(C)(O)C(=O)O)cc1. The summed E-state index contributed by atoms with van der Waals surface area (Å²) in [6.45, 7) is 4.08. The Kier molecular flexibility index (Phi) is 6.52. The number of rotatable bonds is 7. The van der Waals surface area contributed by atoms with Crippen LogP contribution in [0.4, 0.5) is 10.5 Å². The van der Waals surface area contributed by atoms with Gasteiger partial charge in [-0.15, -0.1) is 0 Å². The van der Waals surface area contributed by atoms with E-state index in [1.54, 1.807) is 13.8 Å². The topological polar surface area (TPSA) is 136 Å². The Morgan fingerprint density at radius 3 is 2.20 bits per heavy atom. The molecule has 0 spiro atoms. The van der Waals surface area contributed by atoms with Crippen LogP contribution in [0, 0.1) is 0 Å². The van der Waals surface area contributed by atoms with Gasteiger partial charge >= 0.3 is 12.0 Å². The molecule has 2 amide bonds. The fraction of sp³-hybridized carbons (Fsp3) is 0.467. The van der Waals surface area contributed by atoms with Crippen molar-refractivity contribution in [3.8, 4) is 0 Å². The standard InChI is InChI=1S/C15H23N3O6S/c1-10(2)18(4)25(23,24)12-7-5-11(6-8-12)17-14(21)16-9-15(3,22)13(19)20/h5-8,10,22H,9H2,1-4H3,(H,19,20)(H2,16,17,21). The average molecular weight is 373 g/mol. The molecule has 0 aliphatic carbocycles. The summed E-state index contributed by atoms with van der Waals surface area (Å²) in [5.74, 6) is -1.46. The van der Waals surface area contributed by atoms with Crippen molar-refractivity contribution in [3.05, 3.63) is 24.3 Å². The Bertz CT molecular complexity index is 728. The van der Waals surface area contributed by atoms with Crippen molar-refractivity contribution < 1.29 is 28.2 Å². The predicted octanol–water partition coefficient (Wildman–Crippen LogP) is 0.673. The number of sulfonamides is 1. The third-order valence-electron chi connectivity index (χ3n) is 3.57. The first-order valence-corrected chi connectivity index (χ1v) is 8.90. The molecule has 0 saturated carbocycles. The molecule has 25 heavy (non-hydrogen) atoms. The lowest BCUT2D eigenvalue weighted by Crippen LogP contribution is -2.47. The number of aliphatic hydroxyl groups is 1. The van der Waals surface area contributed by atoms with Crippen LogP contribution >= 0.6 is 0 Å². The molecule has 0 aromatic heterocycles. The van der Waals surface area contributed by atoms with Gasteiger partial charge in [0.15, 0.2) is 5.60 Å². The smallest absolute Gasteiger partial charge is 0.337 e. The normalized spacial score (nSPS) is 14.2. The number of aliphatic carboxylic acids is 1. The number of amides is 2. The van der Waals surface area contributed by atoms with E-state index in [0.29, 0.717) is 5.69 Å². The first-order chi connectivity index (χ1) is 11.4. The van der Waals surface area contributed by atoms with E-state index in [0.717, 1.165) is 6.92 Å². The number of carboxylic acid groups (broad SMARTS) is 1. The fourth-order valence-corrected chi connectivity index (χ4v) is 3.02. The first-order valence-electron chi connectivity index (χ1n) is 7.46. The van der Waals surface area contributed by atoms with E-state index < -0.39 is 34.2 Å². The number of nitrogens with zero attached hydrogens (tertiary/aromatic N) is 1. The predicted molar refractivity (Wildman–Crippen MR) is 91.8 cm³/mol. The minimum absolute atomic E-state index is 0.0865. The molecule has 0 aliphatic rings. The van der Waals surface area contributed by atoms with Gasteiger partial charge in [0.05, 0.1) is 11.4 Å². The molecule has 140 valence electrons. The monoisotopic (exact) mass is 373 g/mol. The number of carbonyl (C=O) groups is 2. The second-order valence-corrected chi connectivity index (χ2v) is 8.02. The van der Waals surface area contributed by atoms with Crippen molar-refractivity contribution in [1.29, 1.82) is 0 Å². The Hall–Kier alpha value is -2.17. The zero-order valence-corrected chi connectivity index (χ0v) is 15.3. The molecule has 1 aromatic rings. The highest BCUT2D eigenvalue weighted by molar-refractivity contribution is 7.89. The molecule has 4 N–H and O–H groups in total. The van der Waals surface area contributed by atoms with Crippen LogP contribution in [0.5, 0.6) is 0 Å². The summed E-state index contributed by atoms with van der Waals surface area (Å²) >= 11 is 0. The number of hydrogen-bond acceptors (Lipinski definition) is 5. The Labute approximate surface area is 146 Å². The molecule has 0 aliphatic heterocycles. The van der Waals surface area contributed by atoms with Crippen molar-refractivity contribution >= 4 is 27.7 Å². The molecule has 0 heterocycles. The number of carboxylic acids is 1. The summed E-state index contributed by atoms with van der Waals surface area (Å²) in [6, 6.07) is 4.62. The van der Waals surface area contributed by atoms with Crippen LogP contribution in [-0.4, -0.2) is 60.2 Å². The van der Waals surface area contributed by atoms with E-state index in [1.807, 2.05) is 0 Å². The lowest BCUT2D eigenvalue weighted by molar-refractivity contribution is -0.155. The van der Waals surface area contributed by atoms with Gasteiger partial charge < -0.3 is 20.8 Å². The van der Waals surface area contributed by atoms with Crippen molar-refractivity contribution in [3.63, 3.8) is 0 Å². The molecule has 1 aromatic carbocycles. The quantitative estimate of drug-likeness (QED) is 0.555. The zero-order valence-electron chi connectivity index (χ0n) is 14.5. The van der Waals surface area contributed by atoms with Crippen molar-refractivity contribution in [2.24, 2.45) is 0 Å². The van der Waals surface area contributed by atoms with E-state index in [-0.39, 0.29) is 10.9 Å². The summed E-state index contributed by atoms with van der Waals surface area (Å²) in [4.78, 5) is 22.5. The number of hydrogen-bond donors (Lipinski definition) is 4. The highest BCUT2D eigenvalue weighted by atomic mass is 32.2. The van der Waals surface area contributed by atoms with Gasteiger partial charge in [-0.25, -0.2) is 18.0 Å². The van der Waals surface area contributed by atoms with Gasteiger partial charge in [0.25, 0.3) is 0 Å². The number of benzene rings is 1. The van der Waals surface area contributed by atoms with E-state index in [1.165, 1.54) is 35.6 Å². The lowest BCUT2D eigenvalue weighted by Gasteiger charge is -2.21. The third kappa shape index (κ3) is 5.41. The molecule has 10 heteroatoms. The van der Waals surface area contributed by atoms with Gasteiger partial charge in [-0.05, 0) is 45.0 Å². The van der Waals surface area contributed by atoms with Crippen LogP contribution in [0.1, 0.15) is 20.8 Å². The molecule has 0 saturated heterocycles. The van der Waals surface area contributed by atoms with Gasteiger partial charge in [0, 0.05) is 18.8 Å². The Morgan fingerprint density at radius 1 is 1.24 bits per heavy atom. The summed E-state index contributed by atoms with van der Waals surface area (Å²) in [6.07, 6.45) is 0. The first kappa shape index (κ1) is 20.9. The third-order valence-corrected chi connectivity index (χ3v) is 5.62. The van der Waals surface area contributed by atoms with Gasteiger partial charge in [0.2, 0.25) is 10.0 Å². The van der Waals surface area contributed by atoms with Crippen LogP contribution in [-0.2, 0) is 14.8 Å². The lowest BCUT2D eigenvalue weighted by atomic mass is 10.1. The summed E-state index contributed by atoms with van der Waals surface area (Å²) < 4.78 is 25.9. The molecule has 0 radical (unpaired) electrons. The van der Waals surface area contributed by atoms with Crippen LogP contribution in [0.3, 0.4) is 0 Å². The summed E-state index contributed by atoms with van der Waals surface area (Å²) in [5.41, 5.74) is -1.77. The number of nitrogens with one attached hydrogen (secondary N) is 2. The molecule has 0 bridgehead atoms. The minimum atomic E-state index is -3.62. The van der Waals surface area contributed by atoms with Gasteiger partial charge in [-0.1, -0.05) is 0 Å². The van der Waals surface area contributed by atoms with E-state index in [9.17, 15) is 23.1 Å². The maximum atomic E-state index is 12.3. The molecule has 1 rings (SSSR count). The van der Waals surface area contributed by atoms with Crippen molar-refractivity contribution in [2.75, 3.05) is 18.9 Å². The molecule has 9 nitrogen and oxygen atoms in total. The highest BCUT2D eigenvalue weighted by Gasteiger charge is 2.30. The van der Waals surface area contributed by atoms with E-state index >= 15 is 0 Å². The summed E-state index contributed by atoms with van der Waals surface area (Å²) in [7, 11) is -2.14. The van der Waals surface area contributed by atoms with E-state index in [4.69, 9.17) is 5.11 Å². The molecule has 1 unspecified atom stereocenters. The molecule has 1 atom stereocenters. The zero-order chi connectivity index (χ0) is 19.4. The second kappa shape index (κ2) is 7.81. The fourth-order valence-electron chi connectivity index (χ4n) is 1.66. The Morgan fingerprint density at radius 2 is 1.76 bits per heavy atom. The van der Waals surface area contributed by atoms with Gasteiger partial charge in [-0.2, -0.15) is 4.31 Å². The number of urea groups is 1. The Balaban J connectivity index is 2.75. The maximum absolute atomic E-state index is 12.3. The van der Waals surface area contributed by atoms with Crippen molar-refractivity contribution in [2.45, 2.75) is 37.3 Å². The van der Waals surface area contributed by atoms with Crippen molar-refractivity contribution in [1.82, 2.24) is 9.62 Å². The maximum Gasteiger partial charge on any atom is 0.337 e. The largest absolute Gasteiger partial charge is 0.479 e.